The van der Waals surface area contributed by atoms with Crippen molar-refractivity contribution in [1.82, 2.24) is 9.80 Å². The number of likely N-dealkylation sites (N-methyl/N-ethyl adjacent to an activating group) is 1. The first-order valence-electron chi connectivity index (χ1n) is 9.30. The highest BCUT2D eigenvalue weighted by atomic mass is 16.5. The number of piperidine rings is 1. The Morgan fingerprint density at radius 2 is 1.92 bits per heavy atom. The van der Waals surface area contributed by atoms with Gasteiger partial charge in [-0.25, -0.2) is 0 Å². The summed E-state index contributed by atoms with van der Waals surface area (Å²) >= 11 is 0. The van der Waals surface area contributed by atoms with Crippen LogP contribution in [0.2, 0.25) is 0 Å². The van der Waals surface area contributed by atoms with Gasteiger partial charge in [-0.3, -0.25) is 9.59 Å². The summed E-state index contributed by atoms with van der Waals surface area (Å²) in [6.07, 6.45) is 3.12. The number of ether oxygens (including phenoxy) is 1. The monoisotopic (exact) mass is 342 g/mol. The molecule has 0 N–H and O–H groups in total. The zero-order valence-corrected chi connectivity index (χ0v) is 14.8. The van der Waals surface area contributed by atoms with Gasteiger partial charge in [0.25, 0.3) is 0 Å². The first-order chi connectivity index (χ1) is 12.1. The molecule has 3 aliphatic heterocycles. The molecule has 5 nitrogen and oxygen atoms in total. The predicted molar refractivity (Wildman–Crippen MR) is 94.0 cm³/mol. The van der Waals surface area contributed by atoms with Gasteiger partial charge in [0.05, 0.1) is 18.1 Å². The maximum absolute atomic E-state index is 12.7. The van der Waals surface area contributed by atoms with Crippen molar-refractivity contribution in [3.63, 3.8) is 0 Å². The van der Waals surface area contributed by atoms with Crippen LogP contribution in [0.3, 0.4) is 0 Å². The van der Waals surface area contributed by atoms with Gasteiger partial charge in [0.15, 0.2) is 0 Å². The summed E-state index contributed by atoms with van der Waals surface area (Å²) in [4.78, 5) is 29.1. The minimum atomic E-state index is -0.151. The van der Waals surface area contributed by atoms with E-state index >= 15 is 0 Å². The van der Waals surface area contributed by atoms with Crippen molar-refractivity contribution < 1.29 is 14.3 Å². The van der Waals surface area contributed by atoms with Gasteiger partial charge >= 0.3 is 0 Å². The van der Waals surface area contributed by atoms with E-state index in [-0.39, 0.29) is 29.2 Å². The lowest BCUT2D eigenvalue weighted by molar-refractivity contribution is -0.139. The normalized spacial score (nSPS) is 28.8. The smallest absolute Gasteiger partial charge is 0.228 e. The highest BCUT2D eigenvalue weighted by Crippen LogP contribution is 2.48. The number of likely N-dealkylation sites (tertiary alicyclic amines) is 2. The fourth-order valence-corrected chi connectivity index (χ4v) is 4.88. The summed E-state index contributed by atoms with van der Waals surface area (Å²) < 4.78 is 5.37. The van der Waals surface area contributed by atoms with E-state index in [2.05, 4.69) is 12.1 Å². The number of nitrogens with zero attached hydrogens (tertiary/aromatic N) is 2. The molecular weight excluding hydrogens is 316 g/mol. The maximum atomic E-state index is 12.7. The van der Waals surface area contributed by atoms with Crippen LogP contribution in [0.4, 0.5) is 0 Å². The topological polar surface area (TPSA) is 49.9 Å². The van der Waals surface area contributed by atoms with E-state index in [0.29, 0.717) is 19.6 Å². The molecule has 0 bridgehead atoms. The van der Waals surface area contributed by atoms with Gasteiger partial charge in [-0.2, -0.15) is 0 Å². The average Bonchev–Trinajstić information content (AvgIpc) is 3.27. The highest BCUT2D eigenvalue weighted by molar-refractivity contribution is 5.82. The van der Waals surface area contributed by atoms with E-state index in [1.165, 1.54) is 5.56 Å². The van der Waals surface area contributed by atoms with Crippen molar-refractivity contribution in [2.75, 3.05) is 33.4 Å². The van der Waals surface area contributed by atoms with Crippen molar-refractivity contribution in [1.29, 1.82) is 0 Å². The molecule has 5 heteroatoms. The van der Waals surface area contributed by atoms with E-state index in [1.807, 2.05) is 35.0 Å². The third-order valence-electron chi connectivity index (χ3n) is 6.49. The summed E-state index contributed by atoms with van der Waals surface area (Å²) in [5.74, 6) is 0.702. The lowest BCUT2D eigenvalue weighted by Crippen LogP contribution is -2.55. The molecule has 0 aliphatic carbocycles. The Morgan fingerprint density at radius 3 is 2.56 bits per heavy atom. The highest BCUT2D eigenvalue weighted by Gasteiger charge is 2.53. The third kappa shape index (κ3) is 2.74. The molecule has 3 fully saturated rings. The second-order valence-electron chi connectivity index (χ2n) is 7.61. The summed E-state index contributed by atoms with van der Waals surface area (Å²) in [6, 6.07) is 10.4. The molecule has 3 heterocycles. The second-order valence-corrected chi connectivity index (χ2v) is 7.61. The average molecular weight is 342 g/mol. The molecule has 2 atom stereocenters. The predicted octanol–water partition coefficient (Wildman–Crippen LogP) is 2.03. The Kier molecular flexibility index (Phi) is 4.28. The molecule has 25 heavy (non-hydrogen) atoms. The van der Waals surface area contributed by atoms with Crippen LogP contribution in [0, 0.1) is 5.92 Å². The zero-order valence-electron chi connectivity index (χ0n) is 14.8. The van der Waals surface area contributed by atoms with Gasteiger partial charge in [-0.15, -0.1) is 0 Å². The van der Waals surface area contributed by atoms with Crippen LogP contribution in [0.15, 0.2) is 30.3 Å². The lowest BCUT2D eigenvalue weighted by Gasteiger charge is -2.47. The number of carbonyl (C=O) groups is 2. The van der Waals surface area contributed by atoms with Gasteiger partial charge in [0.1, 0.15) is 0 Å². The summed E-state index contributed by atoms with van der Waals surface area (Å²) in [5.41, 5.74) is 1.09. The van der Waals surface area contributed by atoms with Crippen molar-refractivity contribution in [2.24, 2.45) is 5.92 Å². The Morgan fingerprint density at radius 1 is 1.20 bits per heavy atom. The van der Waals surface area contributed by atoms with E-state index in [9.17, 15) is 9.59 Å². The van der Waals surface area contributed by atoms with Gasteiger partial charge < -0.3 is 14.5 Å². The Balaban J connectivity index is 1.52. The molecule has 4 rings (SSSR count). The van der Waals surface area contributed by atoms with E-state index < -0.39 is 0 Å². The first-order valence-corrected chi connectivity index (χ1v) is 9.30. The minimum Gasteiger partial charge on any atom is -0.381 e. The minimum absolute atomic E-state index is 0.0295. The fourth-order valence-electron chi connectivity index (χ4n) is 4.88. The maximum Gasteiger partial charge on any atom is 0.228 e. The fraction of sp³-hybridized carbons (Fsp3) is 0.600. The molecule has 1 aromatic carbocycles. The number of carbonyl (C=O) groups excluding carboxylic acids is 2. The van der Waals surface area contributed by atoms with Crippen molar-refractivity contribution in [3.8, 4) is 0 Å². The Bertz CT molecular complexity index is 646. The Hall–Kier alpha value is -1.88. The molecule has 3 saturated heterocycles. The molecule has 0 radical (unpaired) electrons. The van der Waals surface area contributed by atoms with Crippen molar-refractivity contribution in [3.05, 3.63) is 35.9 Å². The summed E-state index contributed by atoms with van der Waals surface area (Å²) in [7, 11) is 1.94. The number of hydrogen-bond donors (Lipinski definition) is 0. The zero-order chi connectivity index (χ0) is 17.4. The molecule has 3 aliphatic rings. The van der Waals surface area contributed by atoms with Crippen LogP contribution in [-0.4, -0.2) is 60.5 Å². The third-order valence-corrected chi connectivity index (χ3v) is 6.49. The van der Waals surface area contributed by atoms with Crippen LogP contribution in [0.1, 0.15) is 37.2 Å². The van der Waals surface area contributed by atoms with Crippen molar-refractivity contribution in [2.45, 2.75) is 37.1 Å². The van der Waals surface area contributed by atoms with Crippen LogP contribution >= 0.6 is 0 Å². The van der Waals surface area contributed by atoms with Gasteiger partial charge in [0.2, 0.25) is 11.8 Å². The molecule has 2 amide bonds. The number of rotatable bonds is 2. The molecule has 0 unspecified atom stereocenters. The first kappa shape index (κ1) is 16.6. The molecule has 1 spiro atoms. The van der Waals surface area contributed by atoms with Crippen LogP contribution in [0.5, 0.6) is 0 Å². The second kappa shape index (κ2) is 6.45. The van der Waals surface area contributed by atoms with E-state index in [0.717, 1.165) is 32.4 Å². The quantitative estimate of drug-likeness (QED) is 0.826. The van der Waals surface area contributed by atoms with Crippen LogP contribution in [-0.2, 0) is 14.3 Å². The largest absolute Gasteiger partial charge is 0.381 e. The van der Waals surface area contributed by atoms with E-state index in [1.54, 1.807) is 0 Å². The van der Waals surface area contributed by atoms with Gasteiger partial charge in [-0.05, 0) is 24.8 Å². The molecule has 1 aromatic rings. The van der Waals surface area contributed by atoms with Gasteiger partial charge in [0, 0.05) is 39.1 Å². The summed E-state index contributed by atoms with van der Waals surface area (Å²) in [5, 5.41) is 0. The molecule has 0 aromatic heterocycles. The Labute approximate surface area is 148 Å². The molecule has 134 valence electrons. The van der Waals surface area contributed by atoms with E-state index in [4.69, 9.17) is 4.74 Å². The lowest BCUT2D eigenvalue weighted by atomic mass is 9.73. The standard InChI is InChI=1S/C20H26N2O3/c1-21-18(23)13-17(15-5-3-2-4-6-15)20(21)8-10-22(11-9-20)19(24)16-7-12-25-14-16/h2-6,16-17H,7-14H2,1H3/t16-,17-/m0/s1. The molecule has 0 saturated carbocycles. The number of hydrogen-bond acceptors (Lipinski definition) is 3. The van der Waals surface area contributed by atoms with Crippen molar-refractivity contribution >= 4 is 11.8 Å². The number of amides is 2. The van der Waals surface area contributed by atoms with Gasteiger partial charge in [-0.1, -0.05) is 30.3 Å². The summed E-state index contributed by atoms with van der Waals surface area (Å²) in [6.45, 7) is 2.72. The SMILES string of the molecule is CN1C(=O)C[C@@H](c2ccccc2)C12CCN(C(=O)[C@H]1CCOC1)CC2. The van der Waals surface area contributed by atoms with Crippen LogP contribution < -0.4 is 0 Å². The number of benzene rings is 1. The van der Waals surface area contributed by atoms with Crippen LogP contribution in [0.25, 0.3) is 0 Å². The molecular formula is C20H26N2O3.